The monoisotopic (exact) mass is 297 g/mol. The Morgan fingerprint density at radius 2 is 2.18 bits per heavy atom. The number of hydrogen-bond donors (Lipinski definition) is 2. The molecule has 22 heavy (non-hydrogen) atoms. The number of carbonyl (C=O) groups excluding carboxylic acids is 1. The molecule has 0 spiro atoms. The predicted octanol–water partition coefficient (Wildman–Crippen LogP) is 2.59. The van der Waals surface area contributed by atoms with Crippen LogP contribution in [-0.4, -0.2) is 18.5 Å². The Morgan fingerprint density at radius 1 is 1.41 bits per heavy atom. The highest BCUT2D eigenvalue weighted by Gasteiger charge is 2.19. The number of aryl methyl sites for hydroxylation is 1. The van der Waals surface area contributed by atoms with Crippen LogP contribution in [0.15, 0.2) is 36.0 Å². The van der Waals surface area contributed by atoms with E-state index in [1.165, 1.54) is 17.3 Å². The summed E-state index contributed by atoms with van der Waals surface area (Å²) in [4.78, 5) is 12.0. The molecule has 116 valence electrons. The van der Waals surface area contributed by atoms with Gasteiger partial charge in [0.2, 0.25) is 0 Å². The molecular formula is C18H23N3O. The fraction of sp³-hybridized carbons (Fsp3) is 0.444. The summed E-state index contributed by atoms with van der Waals surface area (Å²) in [5.74, 6) is -0.266. The summed E-state index contributed by atoms with van der Waals surface area (Å²) < 4.78 is 0. The molecule has 1 aromatic carbocycles. The van der Waals surface area contributed by atoms with Gasteiger partial charge in [0.25, 0.3) is 5.91 Å². The first kappa shape index (κ1) is 16.1. The lowest BCUT2D eigenvalue weighted by Gasteiger charge is -2.11. The molecule has 4 heteroatoms. The molecular weight excluding hydrogens is 274 g/mol. The van der Waals surface area contributed by atoms with Crippen LogP contribution >= 0.6 is 0 Å². The van der Waals surface area contributed by atoms with E-state index >= 15 is 0 Å². The van der Waals surface area contributed by atoms with Crippen LogP contribution < -0.4 is 10.6 Å². The molecule has 0 heterocycles. The second kappa shape index (κ2) is 8.23. The normalized spacial score (nSPS) is 15.4. The lowest BCUT2D eigenvalue weighted by Crippen LogP contribution is -2.34. The van der Waals surface area contributed by atoms with Crippen LogP contribution in [0.2, 0.25) is 0 Å². The minimum atomic E-state index is -0.266. The molecule has 0 bridgehead atoms. The van der Waals surface area contributed by atoms with Crippen LogP contribution in [0, 0.1) is 18.3 Å². The Kier molecular flexibility index (Phi) is 6.02. The van der Waals surface area contributed by atoms with Crippen LogP contribution in [0.1, 0.15) is 36.8 Å². The Morgan fingerprint density at radius 3 is 2.86 bits per heavy atom. The number of nitrogens with zero attached hydrogens (tertiary/aromatic N) is 1. The Bertz CT molecular complexity index is 580. The summed E-state index contributed by atoms with van der Waals surface area (Å²) in [7, 11) is 0. The highest BCUT2D eigenvalue weighted by atomic mass is 16.1. The molecule has 2 N–H and O–H groups in total. The minimum absolute atomic E-state index is 0.149. The largest absolute Gasteiger partial charge is 0.389 e. The van der Waals surface area contributed by atoms with Crippen molar-refractivity contribution < 1.29 is 4.79 Å². The van der Waals surface area contributed by atoms with Crippen molar-refractivity contribution in [2.45, 2.75) is 45.1 Å². The molecule has 2 rings (SSSR count). The third kappa shape index (κ3) is 4.92. The van der Waals surface area contributed by atoms with Crippen molar-refractivity contribution >= 4 is 5.91 Å². The summed E-state index contributed by atoms with van der Waals surface area (Å²) in [5.41, 5.74) is 2.63. The van der Waals surface area contributed by atoms with Gasteiger partial charge >= 0.3 is 0 Å². The zero-order chi connectivity index (χ0) is 15.8. The minimum Gasteiger partial charge on any atom is -0.389 e. The second-order valence-electron chi connectivity index (χ2n) is 5.82. The smallest absolute Gasteiger partial charge is 0.263 e. The lowest BCUT2D eigenvalue weighted by atomic mass is 10.1. The van der Waals surface area contributed by atoms with E-state index in [0.717, 1.165) is 32.1 Å². The first-order valence-electron chi connectivity index (χ1n) is 7.89. The average Bonchev–Trinajstić information content (AvgIpc) is 3.00. The quantitative estimate of drug-likeness (QED) is 0.482. The summed E-state index contributed by atoms with van der Waals surface area (Å²) in [5, 5.41) is 15.1. The molecule has 1 fully saturated rings. The molecule has 0 saturated heterocycles. The van der Waals surface area contributed by atoms with Gasteiger partial charge in [-0.25, -0.2) is 0 Å². The first-order chi connectivity index (χ1) is 10.7. The van der Waals surface area contributed by atoms with E-state index < -0.39 is 0 Å². The fourth-order valence-electron chi connectivity index (χ4n) is 2.74. The summed E-state index contributed by atoms with van der Waals surface area (Å²) in [6.45, 7) is 2.77. The Balaban J connectivity index is 1.79. The number of hydrogen-bond acceptors (Lipinski definition) is 3. The molecule has 0 aliphatic heterocycles. The maximum atomic E-state index is 12.0. The molecule has 1 saturated carbocycles. The number of rotatable bonds is 6. The maximum Gasteiger partial charge on any atom is 0.263 e. The summed E-state index contributed by atoms with van der Waals surface area (Å²) >= 11 is 0. The van der Waals surface area contributed by atoms with Gasteiger partial charge in [-0.05, 0) is 31.7 Å². The fourth-order valence-corrected chi connectivity index (χ4v) is 2.74. The van der Waals surface area contributed by atoms with Gasteiger partial charge in [-0.2, -0.15) is 5.26 Å². The zero-order valence-electron chi connectivity index (χ0n) is 13.1. The highest BCUT2D eigenvalue weighted by Crippen LogP contribution is 2.17. The van der Waals surface area contributed by atoms with Crippen molar-refractivity contribution in [1.29, 1.82) is 5.26 Å². The van der Waals surface area contributed by atoms with E-state index in [2.05, 4.69) is 35.8 Å². The first-order valence-corrected chi connectivity index (χ1v) is 7.89. The van der Waals surface area contributed by atoms with E-state index in [9.17, 15) is 4.79 Å². The van der Waals surface area contributed by atoms with Crippen LogP contribution in [0.5, 0.6) is 0 Å². The topological polar surface area (TPSA) is 64.9 Å². The van der Waals surface area contributed by atoms with Crippen molar-refractivity contribution in [3.8, 4) is 6.07 Å². The Labute approximate surface area is 132 Å². The van der Waals surface area contributed by atoms with Gasteiger partial charge in [0.15, 0.2) is 0 Å². The third-order valence-corrected chi connectivity index (χ3v) is 3.94. The molecule has 1 aromatic rings. The van der Waals surface area contributed by atoms with Gasteiger partial charge in [-0.3, -0.25) is 4.79 Å². The van der Waals surface area contributed by atoms with Crippen molar-refractivity contribution in [2.24, 2.45) is 0 Å². The van der Waals surface area contributed by atoms with Crippen LogP contribution in [0.25, 0.3) is 0 Å². The molecule has 4 nitrogen and oxygen atoms in total. The number of nitriles is 1. The van der Waals surface area contributed by atoms with Crippen molar-refractivity contribution in [1.82, 2.24) is 10.6 Å². The van der Waals surface area contributed by atoms with E-state index in [1.807, 2.05) is 12.1 Å². The van der Waals surface area contributed by atoms with Gasteiger partial charge in [0.1, 0.15) is 11.6 Å². The second-order valence-corrected chi connectivity index (χ2v) is 5.82. The SMILES string of the molecule is Cc1cccc(CCN/C=C(/C#N)C(=O)NC2CCCC2)c1. The lowest BCUT2D eigenvalue weighted by molar-refractivity contribution is -0.117. The van der Waals surface area contributed by atoms with Gasteiger partial charge < -0.3 is 10.6 Å². The maximum absolute atomic E-state index is 12.0. The summed E-state index contributed by atoms with van der Waals surface area (Å²) in [6, 6.07) is 10.5. The number of carbonyl (C=O) groups is 1. The van der Waals surface area contributed by atoms with E-state index in [4.69, 9.17) is 5.26 Å². The van der Waals surface area contributed by atoms with Gasteiger partial charge in [0, 0.05) is 18.8 Å². The predicted molar refractivity (Wildman–Crippen MR) is 87.0 cm³/mol. The number of amides is 1. The standard InChI is InChI=1S/C18H23N3O/c1-14-5-4-6-15(11-14)9-10-20-13-16(12-19)18(22)21-17-7-2-3-8-17/h4-6,11,13,17,20H,2-3,7-10H2,1H3,(H,21,22)/b16-13-. The average molecular weight is 297 g/mol. The van der Waals surface area contributed by atoms with E-state index in [0.29, 0.717) is 6.54 Å². The molecule has 0 atom stereocenters. The van der Waals surface area contributed by atoms with E-state index in [1.54, 1.807) is 0 Å². The van der Waals surface area contributed by atoms with Gasteiger partial charge in [-0.1, -0.05) is 42.7 Å². The Hall–Kier alpha value is -2.28. The zero-order valence-corrected chi connectivity index (χ0v) is 13.1. The molecule has 1 aliphatic carbocycles. The van der Waals surface area contributed by atoms with Crippen LogP contribution in [0.3, 0.4) is 0 Å². The van der Waals surface area contributed by atoms with Crippen molar-refractivity contribution in [3.63, 3.8) is 0 Å². The molecule has 0 unspecified atom stereocenters. The van der Waals surface area contributed by atoms with Gasteiger partial charge in [-0.15, -0.1) is 0 Å². The summed E-state index contributed by atoms with van der Waals surface area (Å²) in [6.07, 6.45) is 6.74. The van der Waals surface area contributed by atoms with Crippen molar-refractivity contribution in [2.75, 3.05) is 6.54 Å². The highest BCUT2D eigenvalue weighted by molar-refractivity contribution is 5.97. The van der Waals surface area contributed by atoms with Crippen LogP contribution in [0.4, 0.5) is 0 Å². The number of benzene rings is 1. The molecule has 0 radical (unpaired) electrons. The molecule has 1 aliphatic rings. The van der Waals surface area contributed by atoms with E-state index in [-0.39, 0.29) is 17.5 Å². The third-order valence-electron chi connectivity index (χ3n) is 3.94. The van der Waals surface area contributed by atoms with Crippen molar-refractivity contribution in [3.05, 3.63) is 47.2 Å². The van der Waals surface area contributed by atoms with Gasteiger partial charge in [0.05, 0.1) is 0 Å². The molecule has 1 amide bonds. The van der Waals surface area contributed by atoms with Crippen LogP contribution in [-0.2, 0) is 11.2 Å². The molecule has 0 aromatic heterocycles. The number of nitrogens with one attached hydrogen (secondary N) is 2.